The largest absolute Gasteiger partial charge is 0.425 e. The third-order valence-corrected chi connectivity index (χ3v) is 2.63. The lowest BCUT2D eigenvalue weighted by atomic mass is 10.1. The zero-order valence-corrected chi connectivity index (χ0v) is 10.1. The molecule has 84 valence electrons. The van der Waals surface area contributed by atoms with Crippen LogP contribution in [-0.4, -0.2) is 21.9 Å². The van der Waals surface area contributed by atoms with Gasteiger partial charge in [0.25, 0.3) is 0 Å². The minimum Gasteiger partial charge on any atom is -0.425 e. The third kappa shape index (κ3) is 2.90. The predicted molar refractivity (Wildman–Crippen MR) is 62.0 cm³/mol. The highest BCUT2D eigenvalue weighted by Gasteiger charge is 2.06. The van der Waals surface area contributed by atoms with E-state index < -0.39 is 0 Å². The van der Waals surface area contributed by atoms with E-state index in [1.807, 2.05) is 24.3 Å². The minimum atomic E-state index is 0.0277. The van der Waals surface area contributed by atoms with E-state index in [0.717, 1.165) is 10.0 Å². The lowest BCUT2D eigenvalue weighted by Crippen LogP contribution is -1.89. The summed E-state index contributed by atoms with van der Waals surface area (Å²) in [5.41, 5.74) is 1.11. The number of aliphatic hydroxyl groups excluding tert-OH is 1. The maximum Gasteiger partial charge on any atom is 0.220 e. The Kier molecular flexibility index (Phi) is 3.69. The van der Waals surface area contributed by atoms with Crippen molar-refractivity contribution in [3.05, 3.63) is 46.1 Å². The third-order valence-electron chi connectivity index (χ3n) is 2.10. The van der Waals surface area contributed by atoms with Gasteiger partial charge in [0, 0.05) is 10.9 Å². The molecule has 0 radical (unpaired) electrons. The van der Waals surface area contributed by atoms with E-state index >= 15 is 0 Å². The molecule has 0 atom stereocenters. The second-order valence-electron chi connectivity index (χ2n) is 3.37. The fraction of sp³-hybridized carbons (Fsp3) is 0.273. The molecule has 1 aromatic heterocycles. The molecule has 1 N–H and O–H groups in total. The Balaban J connectivity index is 2.05. The van der Waals surface area contributed by atoms with Gasteiger partial charge in [-0.1, -0.05) is 28.1 Å². The van der Waals surface area contributed by atoms with Crippen LogP contribution in [0.3, 0.4) is 0 Å². The highest BCUT2D eigenvalue weighted by molar-refractivity contribution is 9.10. The molecule has 0 aliphatic rings. The van der Waals surface area contributed by atoms with E-state index in [-0.39, 0.29) is 6.61 Å². The van der Waals surface area contributed by atoms with Gasteiger partial charge in [-0.05, 0) is 17.7 Å². The average molecular weight is 283 g/mol. The van der Waals surface area contributed by atoms with Crippen LogP contribution in [-0.2, 0) is 12.8 Å². The van der Waals surface area contributed by atoms with Crippen molar-refractivity contribution in [3.63, 3.8) is 0 Å². The molecule has 4 nitrogen and oxygen atoms in total. The molecule has 2 aromatic rings. The second kappa shape index (κ2) is 5.23. The molecule has 0 bridgehead atoms. The van der Waals surface area contributed by atoms with E-state index in [1.54, 1.807) is 0 Å². The number of halogens is 1. The normalized spacial score (nSPS) is 10.6. The molecular formula is C11H11BrN2O2. The number of aliphatic hydroxyl groups is 1. The van der Waals surface area contributed by atoms with Gasteiger partial charge in [-0.2, -0.15) is 0 Å². The molecule has 0 aliphatic carbocycles. The van der Waals surface area contributed by atoms with E-state index in [9.17, 15) is 0 Å². The van der Waals surface area contributed by atoms with Gasteiger partial charge in [-0.25, -0.2) is 0 Å². The van der Waals surface area contributed by atoms with E-state index in [2.05, 4.69) is 26.1 Å². The zero-order chi connectivity index (χ0) is 11.4. The van der Waals surface area contributed by atoms with Crippen LogP contribution in [0.15, 0.2) is 33.2 Å². The Bertz CT molecular complexity index is 453. The molecule has 0 saturated heterocycles. The molecule has 0 amide bonds. The summed E-state index contributed by atoms with van der Waals surface area (Å²) in [6.07, 6.45) is 1.03. The van der Waals surface area contributed by atoms with Gasteiger partial charge in [-0.3, -0.25) is 0 Å². The average Bonchev–Trinajstić information content (AvgIpc) is 2.70. The number of aromatic nitrogens is 2. The van der Waals surface area contributed by atoms with Gasteiger partial charge in [0.2, 0.25) is 11.8 Å². The number of benzene rings is 1. The van der Waals surface area contributed by atoms with Crippen molar-refractivity contribution in [2.45, 2.75) is 12.8 Å². The number of nitrogens with zero attached hydrogens (tertiary/aromatic N) is 2. The van der Waals surface area contributed by atoms with E-state index in [4.69, 9.17) is 9.52 Å². The van der Waals surface area contributed by atoms with Crippen LogP contribution in [0.4, 0.5) is 0 Å². The van der Waals surface area contributed by atoms with Crippen molar-refractivity contribution in [1.82, 2.24) is 10.2 Å². The van der Waals surface area contributed by atoms with Crippen molar-refractivity contribution in [2.75, 3.05) is 6.61 Å². The van der Waals surface area contributed by atoms with Gasteiger partial charge in [0.15, 0.2) is 0 Å². The van der Waals surface area contributed by atoms with Gasteiger partial charge in [0.1, 0.15) is 0 Å². The maximum atomic E-state index is 8.72. The first-order chi connectivity index (χ1) is 7.78. The zero-order valence-electron chi connectivity index (χ0n) is 8.56. The minimum absolute atomic E-state index is 0.0277. The first kappa shape index (κ1) is 11.3. The first-order valence-corrected chi connectivity index (χ1v) is 5.74. The smallest absolute Gasteiger partial charge is 0.220 e. The monoisotopic (exact) mass is 282 g/mol. The Morgan fingerprint density at radius 3 is 2.50 bits per heavy atom. The lowest BCUT2D eigenvalue weighted by Gasteiger charge is -1.96. The van der Waals surface area contributed by atoms with E-state index in [0.29, 0.717) is 24.6 Å². The molecular weight excluding hydrogens is 272 g/mol. The fourth-order valence-electron chi connectivity index (χ4n) is 1.33. The van der Waals surface area contributed by atoms with Crippen LogP contribution in [0, 0.1) is 0 Å². The van der Waals surface area contributed by atoms with Crippen LogP contribution in [0.5, 0.6) is 0 Å². The maximum absolute atomic E-state index is 8.72. The summed E-state index contributed by atoms with van der Waals surface area (Å²) in [6, 6.07) is 7.95. The molecule has 0 aliphatic heterocycles. The molecule has 5 heteroatoms. The summed E-state index contributed by atoms with van der Waals surface area (Å²) in [4.78, 5) is 0. The SMILES string of the molecule is OCCc1nnc(Cc2ccc(Br)cc2)o1. The quantitative estimate of drug-likeness (QED) is 0.931. The van der Waals surface area contributed by atoms with Crippen LogP contribution < -0.4 is 0 Å². The molecule has 1 heterocycles. The Labute approximate surface area is 101 Å². The van der Waals surface area contributed by atoms with Crippen molar-refractivity contribution in [2.24, 2.45) is 0 Å². The van der Waals surface area contributed by atoms with Crippen molar-refractivity contribution >= 4 is 15.9 Å². The Hall–Kier alpha value is -1.20. The van der Waals surface area contributed by atoms with Crippen LogP contribution in [0.25, 0.3) is 0 Å². The fourth-order valence-corrected chi connectivity index (χ4v) is 1.60. The summed E-state index contributed by atoms with van der Waals surface area (Å²) < 4.78 is 6.41. The standard InChI is InChI=1S/C11H11BrN2O2/c12-9-3-1-8(2-4-9)7-11-14-13-10(16-11)5-6-15/h1-4,15H,5-7H2. The van der Waals surface area contributed by atoms with Gasteiger partial charge in [-0.15, -0.1) is 10.2 Å². The van der Waals surface area contributed by atoms with Gasteiger partial charge >= 0.3 is 0 Å². The molecule has 16 heavy (non-hydrogen) atoms. The van der Waals surface area contributed by atoms with Gasteiger partial charge < -0.3 is 9.52 Å². The number of rotatable bonds is 4. The predicted octanol–water partition coefficient (Wildman–Crippen LogP) is 1.96. The lowest BCUT2D eigenvalue weighted by molar-refractivity contribution is 0.283. The Morgan fingerprint density at radius 2 is 1.81 bits per heavy atom. The van der Waals surface area contributed by atoms with Crippen molar-refractivity contribution in [3.8, 4) is 0 Å². The molecule has 0 fully saturated rings. The number of hydrogen-bond acceptors (Lipinski definition) is 4. The number of hydrogen-bond donors (Lipinski definition) is 1. The van der Waals surface area contributed by atoms with Crippen molar-refractivity contribution < 1.29 is 9.52 Å². The second-order valence-corrected chi connectivity index (χ2v) is 4.28. The van der Waals surface area contributed by atoms with Crippen LogP contribution in [0.1, 0.15) is 17.3 Å². The molecule has 1 aromatic carbocycles. The molecule has 0 unspecified atom stereocenters. The van der Waals surface area contributed by atoms with Crippen LogP contribution in [0.2, 0.25) is 0 Å². The summed E-state index contributed by atoms with van der Waals surface area (Å²) in [5, 5.41) is 16.5. The highest BCUT2D eigenvalue weighted by Crippen LogP contribution is 2.13. The Morgan fingerprint density at radius 1 is 1.12 bits per heavy atom. The van der Waals surface area contributed by atoms with Crippen molar-refractivity contribution in [1.29, 1.82) is 0 Å². The summed E-state index contributed by atoms with van der Waals surface area (Å²) in [5.74, 6) is 1.06. The van der Waals surface area contributed by atoms with E-state index in [1.165, 1.54) is 0 Å². The molecule has 0 spiro atoms. The summed E-state index contributed by atoms with van der Waals surface area (Å²) >= 11 is 3.38. The molecule has 2 rings (SSSR count). The highest BCUT2D eigenvalue weighted by atomic mass is 79.9. The van der Waals surface area contributed by atoms with Crippen LogP contribution >= 0.6 is 15.9 Å². The first-order valence-electron chi connectivity index (χ1n) is 4.94. The summed E-state index contributed by atoms with van der Waals surface area (Å²) in [7, 11) is 0. The van der Waals surface area contributed by atoms with Gasteiger partial charge in [0.05, 0.1) is 13.0 Å². The molecule has 0 saturated carbocycles. The summed E-state index contributed by atoms with van der Waals surface area (Å²) in [6.45, 7) is 0.0277. The topological polar surface area (TPSA) is 59.2 Å².